The Morgan fingerprint density at radius 1 is 1.37 bits per heavy atom. The number of aliphatic carboxylic acids is 1. The summed E-state index contributed by atoms with van der Waals surface area (Å²) in [5.74, 6) is -0.799. The number of carboxylic acids is 1. The van der Waals surface area contributed by atoms with E-state index < -0.39 is 18.0 Å². The number of carbonyl (C=O) groups excluding carboxylic acids is 1. The van der Waals surface area contributed by atoms with E-state index in [1.807, 2.05) is 20.8 Å². The predicted octanol–water partition coefficient (Wildman–Crippen LogP) is 1.21. The molecule has 19 heavy (non-hydrogen) atoms. The van der Waals surface area contributed by atoms with Crippen LogP contribution in [0.2, 0.25) is 0 Å². The van der Waals surface area contributed by atoms with Crippen LogP contribution in [0.4, 0.5) is 4.79 Å². The number of rotatable bonds is 6. The van der Waals surface area contributed by atoms with Gasteiger partial charge in [0.05, 0.1) is 6.61 Å². The number of hydrogen-bond acceptors (Lipinski definition) is 3. The summed E-state index contributed by atoms with van der Waals surface area (Å²) in [5, 5.41) is 14.4. The van der Waals surface area contributed by atoms with Crippen molar-refractivity contribution in [2.24, 2.45) is 11.8 Å². The summed E-state index contributed by atoms with van der Waals surface area (Å²) < 4.78 is 5.27. The highest BCUT2D eigenvalue weighted by atomic mass is 16.5. The van der Waals surface area contributed by atoms with Gasteiger partial charge in [0.1, 0.15) is 6.04 Å². The largest absolute Gasteiger partial charge is 0.480 e. The number of nitrogens with one attached hydrogen (secondary N) is 2. The summed E-state index contributed by atoms with van der Waals surface area (Å²) in [7, 11) is 0. The van der Waals surface area contributed by atoms with Gasteiger partial charge in [-0.15, -0.1) is 0 Å². The average molecular weight is 272 g/mol. The molecule has 0 spiro atoms. The van der Waals surface area contributed by atoms with Crippen LogP contribution in [0.5, 0.6) is 0 Å². The molecule has 1 saturated heterocycles. The van der Waals surface area contributed by atoms with E-state index in [0.29, 0.717) is 18.9 Å². The maximum Gasteiger partial charge on any atom is 0.326 e. The minimum atomic E-state index is -0.999. The number of amides is 2. The van der Waals surface area contributed by atoms with Crippen LogP contribution in [-0.4, -0.2) is 42.4 Å². The third kappa shape index (κ3) is 4.70. The molecule has 1 aliphatic heterocycles. The van der Waals surface area contributed by atoms with Gasteiger partial charge in [0.15, 0.2) is 0 Å². The van der Waals surface area contributed by atoms with E-state index in [0.717, 1.165) is 13.0 Å². The Hall–Kier alpha value is -1.30. The van der Waals surface area contributed by atoms with Crippen LogP contribution >= 0.6 is 0 Å². The topological polar surface area (TPSA) is 87.7 Å². The van der Waals surface area contributed by atoms with Gasteiger partial charge in [-0.1, -0.05) is 20.3 Å². The summed E-state index contributed by atoms with van der Waals surface area (Å²) >= 11 is 0. The van der Waals surface area contributed by atoms with E-state index in [1.54, 1.807) is 0 Å². The first-order chi connectivity index (χ1) is 8.95. The van der Waals surface area contributed by atoms with Crippen molar-refractivity contribution >= 4 is 12.0 Å². The molecule has 0 aromatic rings. The number of carboxylic acid groups (broad SMARTS) is 1. The third-order valence-corrected chi connectivity index (χ3v) is 3.80. The van der Waals surface area contributed by atoms with Gasteiger partial charge in [-0.3, -0.25) is 0 Å². The zero-order chi connectivity index (χ0) is 14.4. The Morgan fingerprint density at radius 2 is 2.05 bits per heavy atom. The van der Waals surface area contributed by atoms with Gasteiger partial charge in [-0.25, -0.2) is 9.59 Å². The molecule has 0 radical (unpaired) electrons. The monoisotopic (exact) mass is 272 g/mol. The third-order valence-electron chi connectivity index (χ3n) is 3.80. The van der Waals surface area contributed by atoms with E-state index in [-0.39, 0.29) is 12.0 Å². The molecule has 6 heteroatoms. The Labute approximate surface area is 113 Å². The molecular formula is C13H24N2O4. The van der Waals surface area contributed by atoms with Crippen LogP contribution in [0, 0.1) is 11.8 Å². The lowest BCUT2D eigenvalue weighted by Gasteiger charge is -2.24. The zero-order valence-corrected chi connectivity index (χ0v) is 11.8. The summed E-state index contributed by atoms with van der Waals surface area (Å²) in [5.41, 5.74) is 0. The molecule has 0 saturated carbocycles. The second kappa shape index (κ2) is 7.33. The van der Waals surface area contributed by atoms with Crippen molar-refractivity contribution in [1.82, 2.24) is 10.6 Å². The van der Waals surface area contributed by atoms with Crippen molar-refractivity contribution < 1.29 is 19.4 Å². The first-order valence-electron chi connectivity index (χ1n) is 6.83. The number of urea groups is 1. The smallest absolute Gasteiger partial charge is 0.326 e. The number of ether oxygens (including phenoxy) is 1. The van der Waals surface area contributed by atoms with E-state index >= 15 is 0 Å². The summed E-state index contributed by atoms with van der Waals surface area (Å²) in [6.45, 7) is 7.00. The van der Waals surface area contributed by atoms with Gasteiger partial charge in [-0.05, 0) is 19.3 Å². The molecule has 2 amide bonds. The summed E-state index contributed by atoms with van der Waals surface area (Å²) in [4.78, 5) is 22.9. The van der Waals surface area contributed by atoms with Crippen LogP contribution in [0.1, 0.15) is 33.6 Å². The fourth-order valence-corrected chi connectivity index (χ4v) is 2.14. The Morgan fingerprint density at radius 3 is 2.53 bits per heavy atom. The predicted molar refractivity (Wildman–Crippen MR) is 70.9 cm³/mol. The summed E-state index contributed by atoms with van der Waals surface area (Å²) in [6, 6.07) is -1.29. The maximum atomic E-state index is 11.8. The lowest BCUT2D eigenvalue weighted by atomic mass is 9.99. The SMILES string of the molecule is CCC(C)[C@H](NC(=O)NC(C)C1CCOC1)C(=O)O. The minimum absolute atomic E-state index is 0.0196. The minimum Gasteiger partial charge on any atom is -0.480 e. The second-order valence-corrected chi connectivity index (χ2v) is 5.23. The van der Waals surface area contributed by atoms with Crippen LogP contribution in [0.15, 0.2) is 0 Å². The molecule has 6 nitrogen and oxygen atoms in total. The molecule has 110 valence electrons. The molecule has 1 rings (SSSR count). The molecule has 1 aliphatic rings. The molecular weight excluding hydrogens is 248 g/mol. The molecule has 1 heterocycles. The fourth-order valence-electron chi connectivity index (χ4n) is 2.14. The van der Waals surface area contributed by atoms with E-state index in [9.17, 15) is 9.59 Å². The van der Waals surface area contributed by atoms with Crippen LogP contribution in [0.25, 0.3) is 0 Å². The highest BCUT2D eigenvalue weighted by Crippen LogP contribution is 2.16. The second-order valence-electron chi connectivity index (χ2n) is 5.23. The van der Waals surface area contributed by atoms with Crippen LogP contribution in [-0.2, 0) is 9.53 Å². The molecule has 4 atom stereocenters. The van der Waals surface area contributed by atoms with Gasteiger partial charge in [0.2, 0.25) is 0 Å². The number of hydrogen-bond donors (Lipinski definition) is 3. The van der Waals surface area contributed by atoms with Gasteiger partial charge in [-0.2, -0.15) is 0 Å². The van der Waals surface area contributed by atoms with Crippen molar-refractivity contribution in [2.45, 2.75) is 45.7 Å². The first kappa shape index (κ1) is 15.8. The van der Waals surface area contributed by atoms with Crippen molar-refractivity contribution in [3.63, 3.8) is 0 Å². The first-order valence-corrected chi connectivity index (χ1v) is 6.83. The van der Waals surface area contributed by atoms with Crippen molar-refractivity contribution in [2.75, 3.05) is 13.2 Å². The van der Waals surface area contributed by atoms with Crippen LogP contribution < -0.4 is 10.6 Å². The summed E-state index contributed by atoms with van der Waals surface area (Å²) in [6.07, 6.45) is 1.62. The highest BCUT2D eigenvalue weighted by molar-refractivity contribution is 5.82. The van der Waals surface area contributed by atoms with Crippen molar-refractivity contribution in [3.8, 4) is 0 Å². The quantitative estimate of drug-likeness (QED) is 0.678. The molecule has 1 fully saturated rings. The lowest BCUT2D eigenvalue weighted by molar-refractivity contribution is -0.140. The number of carbonyl (C=O) groups is 2. The van der Waals surface area contributed by atoms with E-state index in [2.05, 4.69) is 10.6 Å². The molecule has 3 unspecified atom stereocenters. The molecule has 3 N–H and O–H groups in total. The van der Waals surface area contributed by atoms with E-state index in [1.165, 1.54) is 0 Å². The lowest BCUT2D eigenvalue weighted by Crippen LogP contribution is -2.52. The Bertz CT molecular complexity index is 316. The highest BCUT2D eigenvalue weighted by Gasteiger charge is 2.28. The molecule has 0 aromatic heterocycles. The van der Waals surface area contributed by atoms with Gasteiger partial charge in [0, 0.05) is 18.6 Å². The van der Waals surface area contributed by atoms with Crippen molar-refractivity contribution in [3.05, 3.63) is 0 Å². The molecule has 0 aromatic carbocycles. The normalized spacial score (nSPS) is 23.4. The Balaban J connectivity index is 2.45. The van der Waals surface area contributed by atoms with Gasteiger partial charge >= 0.3 is 12.0 Å². The maximum absolute atomic E-state index is 11.8. The van der Waals surface area contributed by atoms with Crippen molar-refractivity contribution in [1.29, 1.82) is 0 Å². The fraction of sp³-hybridized carbons (Fsp3) is 0.846. The molecule has 0 aliphatic carbocycles. The van der Waals surface area contributed by atoms with E-state index in [4.69, 9.17) is 9.84 Å². The van der Waals surface area contributed by atoms with Gasteiger partial charge < -0.3 is 20.5 Å². The molecule has 0 bridgehead atoms. The van der Waals surface area contributed by atoms with Crippen LogP contribution in [0.3, 0.4) is 0 Å². The average Bonchev–Trinajstić information content (AvgIpc) is 2.88. The zero-order valence-electron chi connectivity index (χ0n) is 11.8. The Kier molecular flexibility index (Phi) is 6.08. The standard InChI is InChI=1S/C13H24N2O4/c1-4-8(2)11(12(16)17)15-13(18)14-9(3)10-5-6-19-7-10/h8-11H,4-7H2,1-3H3,(H,16,17)(H2,14,15,18)/t8?,9?,10?,11-/m0/s1. The van der Waals surface area contributed by atoms with Gasteiger partial charge in [0.25, 0.3) is 0 Å².